The fourth-order valence-electron chi connectivity index (χ4n) is 8.15. The number of aliphatic carboxylic acids is 1. The monoisotopic (exact) mass is 1050 g/mol. The minimum atomic E-state index is -1.92. The molecule has 0 saturated carbocycles. The SMILES string of the molecule is CC/C=C\C/C=C\C/C=C\C/C=C\CCC(=O)OCC(COC1OC(C(=O)O)C(O)C(O)C1OC(=O)CCCCCCCC/C=C\C/C=C\C/C=C\CCCCC)OC(=O)CCCCCCC/C=C\CCCCCC. The van der Waals surface area contributed by atoms with Crippen LogP contribution in [0.2, 0.25) is 0 Å². The van der Waals surface area contributed by atoms with E-state index in [4.69, 9.17) is 23.7 Å². The molecule has 0 spiro atoms. The quantitative estimate of drug-likeness (QED) is 0.0228. The van der Waals surface area contributed by atoms with Gasteiger partial charge in [0.25, 0.3) is 0 Å². The van der Waals surface area contributed by atoms with E-state index in [0.29, 0.717) is 19.3 Å². The van der Waals surface area contributed by atoms with Gasteiger partial charge in [-0.05, 0) is 109 Å². The van der Waals surface area contributed by atoms with Crippen LogP contribution in [-0.2, 0) is 42.9 Å². The van der Waals surface area contributed by atoms with Gasteiger partial charge in [-0.2, -0.15) is 0 Å². The Morgan fingerprint density at radius 2 is 0.867 bits per heavy atom. The van der Waals surface area contributed by atoms with Crippen molar-refractivity contribution in [3.05, 3.63) is 97.2 Å². The molecule has 1 fully saturated rings. The Balaban J connectivity index is 2.73. The van der Waals surface area contributed by atoms with Crippen LogP contribution in [0.15, 0.2) is 97.2 Å². The molecule has 426 valence electrons. The van der Waals surface area contributed by atoms with E-state index >= 15 is 0 Å². The Bertz CT molecular complexity index is 1670. The first kappa shape index (κ1) is 68.7. The summed E-state index contributed by atoms with van der Waals surface area (Å²) in [7, 11) is 0. The number of carboxylic acid groups (broad SMARTS) is 1. The van der Waals surface area contributed by atoms with Gasteiger partial charge in [0.2, 0.25) is 0 Å². The summed E-state index contributed by atoms with van der Waals surface area (Å²) in [5.41, 5.74) is 0. The molecule has 1 aliphatic rings. The maximum atomic E-state index is 13.1. The molecule has 0 aromatic rings. The second kappa shape index (κ2) is 50.5. The lowest BCUT2D eigenvalue weighted by Crippen LogP contribution is -2.61. The molecular formula is C63H102O12. The van der Waals surface area contributed by atoms with Crippen LogP contribution in [-0.4, -0.2) is 89.2 Å². The number of ether oxygens (including phenoxy) is 5. The van der Waals surface area contributed by atoms with Gasteiger partial charge in [0.1, 0.15) is 18.8 Å². The molecule has 0 radical (unpaired) electrons. The van der Waals surface area contributed by atoms with E-state index in [-0.39, 0.29) is 25.9 Å². The van der Waals surface area contributed by atoms with Crippen molar-refractivity contribution >= 4 is 23.9 Å². The van der Waals surface area contributed by atoms with Crippen LogP contribution >= 0.6 is 0 Å². The molecule has 0 aromatic heterocycles. The Hall–Kier alpha value is -4.36. The standard InChI is InChI=1S/C63H102O12/c1-4-7-10-13-16-19-22-25-26-27-28-29-30-33-36-39-42-45-48-51-57(66)74-61-59(68)58(67)60(62(69)70)75-63(61)72-53-54(73-56(65)50-47-44-41-38-35-32-24-21-18-15-12-9-6-3)52-71-55(64)49-46-43-40-37-34-31-23-20-17-14-11-8-5-2/h8,11,16-17,19-21,24-26,28-29,31,34,40,43,54,58-61,63,67-68H,4-7,9-10,12-15,18,22-23,27,30,32-33,35-39,41-42,44-53H2,1-3H3,(H,69,70)/b11-8-,19-16-,20-17-,24-21-,26-25-,29-28-,34-31-,43-40-. The highest BCUT2D eigenvalue weighted by Gasteiger charge is 2.50. The van der Waals surface area contributed by atoms with Gasteiger partial charge in [-0.1, -0.05) is 195 Å². The Morgan fingerprint density at radius 3 is 1.37 bits per heavy atom. The Morgan fingerprint density at radius 1 is 0.453 bits per heavy atom. The summed E-state index contributed by atoms with van der Waals surface area (Å²) in [5, 5.41) is 31.5. The van der Waals surface area contributed by atoms with Gasteiger partial charge in [-0.3, -0.25) is 14.4 Å². The van der Waals surface area contributed by atoms with Crippen LogP contribution in [0.4, 0.5) is 0 Å². The molecule has 1 saturated heterocycles. The second-order valence-electron chi connectivity index (χ2n) is 19.5. The van der Waals surface area contributed by atoms with Crippen LogP contribution in [0.1, 0.15) is 226 Å². The fourth-order valence-corrected chi connectivity index (χ4v) is 8.15. The van der Waals surface area contributed by atoms with Crippen LogP contribution in [0.25, 0.3) is 0 Å². The van der Waals surface area contributed by atoms with Crippen LogP contribution in [0.5, 0.6) is 0 Å². The third-order valence-corrected chi connectivity index (χ3v) is 12.6. The van der Waals surface area contributed by atoms with E-state index < -0.39 is 67.3 Å². The molecule has 1 rings (SSSR count). The van der Waals surface area contributed by atoms with Crippen molar-refractivity contribution in [2.45, 2.75) is 263 Å². The molecule has 0 bridgehead atoms. The summed E-state index contributed by atoms with van der Waals surface area (Å²) in [6.07, 6.45) is 53.9. The molecule has 12 nitrogen and oxygen atoms in total. The third kappa shape index (κ3) is 40.6. The zero-order valence-corrected chi connectivity index (χ0v) is 46.8. The summed E-state index contributed by atoms with van der Waals surface area (Å²) < 4.78 is 28.3. The molecule has 1 aliphatic heterocycles. The number of hydrogen-bond acceptors (Lipinski definition) is 11. The van der Waals surface area contributed by atoms with E-state index in [1.807, 2.05) is 12.2 Å². The van der Waals surface area contributed by atoms with E-state index in [9.17, 15) is 34.5 Å². The van der Waals surface area contributed by atoms with E-state index in [0.717, 1.165) is 122 Å². The molecule has 1 heterocycles. The average molecular weight is 1050 g/mol. The number of esters is 3. The lowest BCUT2D eigenvalue weighted by molar-refractivity contribution is -0.301. The number of aliphatic hydroxyl groups is 2. The number of carboxylic acids is 1. The van der Waals surface area contributed by atoms with Crippen molar-refractivity contribution < 1.29 is 58.2 Å². The highest BCUT2D eigenvalue weighted by atomic mass is 16.7. The van der Waals surface area contributed by atoms with Crippen LogP contribution in [0.3, 0.4) is 0 Å². The number of unbranched alkanes of at least 4 members (excludes halogenated alkanes) is 18. The summed E-state index contributed by atoms with van der Waals surface area (Å²) in [4.78, 5) is 51.0. The minimum absolute atomic E-state index is 0.0344. The zero-order valence-electron chi connectivity index (χ0n) is 46.8. The van der Waals surface area contributed by atoms with Crippen LogP contribution < -0.4 is 0 Å². The van der Waals surface area contributed by atoms with Gasteiger partial charge in [0, 0.05) is 19.3 Å². The summed E-state index contributed by atoms with van der Waals surface area (Å²) in [5.74, 6) is -3.26. The smallest absolute Gasteiger partial charge is 0.335 e. The second-order valence-corrected chi connectivity index (χ2v) is 19.5. The molecule has 3 N–H and O–H groups in total. The first-order valence-electron chi connectivity index (χ1n) is 29.2. The topological polar surface area (TPSA) is 175 Å². The molecule has 75 heavy (non-hydrogen) atoms. The predicted octanol–water partition coefficient (Wildman–Crippen LogP) is 14.9. The molecule has 0 amide bonds. The normalized spacial score (nSPS) is 18.9. The predicted molar refractivity (Wildman–Crippen MR) is 303 cm³/mol. The van der Waals surface area contributed by atoms with Crippen molar-refractivity contribution in [1.29, 1.82) is 0 Å². The van der Waals surface area contributed by atoms with Gasteiger partial charge in [0.05, 0.1) is 6.61 Å². The highest BCUT2D eigenvalue weighted by Crippen LogP contribution is 2.26. The fraction of sp³-hybridized carbons (Fsp3) is 0.683. The lowest BCUT2D eigenvalue weighted by Gasteiger charge is -2.40. The first-order chi connectivity index (χ1) is 36.6. The molecular weight excluding hydrogens is 949 g/mol. The van der Waals surface area contributed by atoms with E-state index in [2.05, 4.69) is 106 Å². The highest BCUT2D eigenvalue weighted by molar-refractivity contribution is 5.74. The number of aliphatic hydroxyl groups excluding tert-OH is 2. The van der Waals surface area contributed by atoms with E-state index in [1.54, 1.807) is 0 Å². The summed E-state index contributed by atoms with van der Waals surface area (Å²) in [6.45, 7) is 5.74. The molecule has 0 aliphatic carbocycles. The number of carbonyl (C=O) groups excluding carboxylic acids is 3. The number of rotatable bonds is 48. The van der Waals surface area contributed by atoms with Gasteiger partial charge >= 0.3 is 23.9 Å². The van der Waals surface area contributed by atoms with Crippen molar-refractivity contribution in [3.63, 3.8) is 0 Å². The van der Waals surface area contributed by atoms with Gasteiger partial charge < -0.3 is 39.0 Å². The summed E-state index contributed by atoms with van der Waals surface area (Å²) >= 11 is 0. The third-order valence-electron chi connectivity index (χ3n) is 12.6. The van der Waals surface area contributed by atoms with Crippen molar-refractivity contribution in [3.8, 4) is 0 Å². The molecule has 0 aromatic carbocycles. The molecule has 6 unspecified atom stereocenters. The van der Waals surface area contributed by atoms with Crippen molar-refractivity contribution in [1.82, 2.24) is 0 Å². The minimum Gasteiger partial charge on any atom is -0.479 e. The zero-order chi connectivity index (χ0) is 54.7. The molecule has 6 atom stereocenters. The molecule has 12 heteroatoms. The summed E-state index contributed by atoms with van der Waals surface area (Å²) in [6, 6.07) is 0. The van der Waals surface area contributed by atoms with Crippen molar-refractivity contribution in [2.24, 2.45) is 0 Å². The maximum Gasteiger partial charge on any atom is 0.335 e. The van der Waals surface area contributed by atoms with Gasteiger partial charge in [-0.25, -0.2) is 4.79 Å². The average Bonchev–Trinajstić information content (AvgIpc) is 3.39. The first-order valence-corrected chi connectivity index (χ1v) is 29.2. The van der Waals surface area contributed by atoms with Crippen molar-refractivity contribution in [2.75, 3.05) is 13.2 Å². The number of carbonyl (C=O) groups is 4. The van der Waals surface area contributed by atoms with Crippen LogP contribution in [0, 0.1) is 0 Å². The van der Waals surface area contributed by atoms with E-state index in [1.165, 1.54) is 44.9 Å². The Labute approximate surface area is 453 Å². The Kier molecular flexibility index (Phi) is 46.2. The number of hydrogen-bond donors (Lipinski definition) is 3. The largest absolute Gasteiger partial charge is 0.479 e. The number of allylic oxidation sites excluding steroid dienone is 16. The van der Waals surface area contributed by atoms with Gasteiger partial charge in [0.15, 0.2) is 24.6 Å². The lowest BCUT2D eigenvalue weighted by atomic mass is 9.98. The van der Waals surface area contributed by atoms with Gasteiger partial charge in [-0.15, -0.1) is 0 Å². The maximum absolute atomic E-state index is 13.1.